The fourth-order valence-electron chi connectivity index (χ4n) is 16.5. The molecule has 0 aliphatic heterocycles. The van der Waals surface area contributed by atoms with Gasteiger partial charge in [-0.2, -0.15) is 0 Å². The lowest BCUT2D eigenvalue weighted by Crippen LogP contribution is -2.30. The molecule has 9 aliphatic rings. The van der Waals surface area contributed by atoms with Gasteiger partial charge >= 0.3 is 0 Å². The third-order valence-corrected chi connectivity index (χ3v) is 21.6. The molecule has 0 radical (unpaired) electrons. The highest BCUT2D eigenvalue weighted by molar-refractivity contribution is 5.73. The number of rotatable bonds is 9. The first-order valence-corrected chi connectivity index (χ1v) is 32.4. The minimum atomic E-state index is -0.366. The van der Waals surface area contributed by atoms with Crippen LogP contribution in [-0.4, -0.2) is 0 Å². The maximum absolute atomic E-state index is 9.22. The van der Waals surface area contributed by atoms with Crippen LogP contribution in [-0.2, 0) is 21.1 Å². The van der Waals surface area contributed by atoms with Gasteiger partial charge < -0.3 is 0 Å². The van der Waals surface area contributed by atoms with Crippen LogP contribution in [0.3, 0.4) is 0 Å². The molecule has 0 spiro atoms. The lowest BCUT2D eigenvalue weighted by atomic mass is 9.63. The molecule has 9 aromatic rings. The van der Waals surface area contributed by atoms with Gasteiger partial charge in [0.15, 0.2) is 18.6 Å². The summed E-state index contributed by atoms with van der Waals surface area (Å²) in [4.78, 5) is 0. The Hall–Kier alpha value is -7.23. The molecule has 3 heterocycles. The van der Waals surface area contributed by atoms with E-state index in [-0.39, 0.29) is 5.89 Å². The molecule has 3 aromatic heterocycles. The van der Waals surface area contributed by atoms with Gasteiger partial charge in [0, 0.05) is 54.5 Å². The van der Waals surface area contributed by atoms with Crippen LogP contribution in [0.15, 0.2) is 201 Å². The van der Waals surface area contributed by atoms with Crippen LogP contribution in [0.25, 0.3) is 67.2 Å². The van der Waals surface area contributed by atoms with Crippen LogP contribution < -0.4 is 13.7 Å². The Labute approximate surface area is 505 Å². The van der Waals surface area contributed by atoms with E-state index in [9.17, 15) is 1.37 Å². The molecule has 9 fully saturated rings. The highest BCUT2D eigenvalue weighted by atomic mass is 14.9. The van der Waals surface area contributed by atoms with Crippen molar-refractivity contribution in [2.45, 2.75) is 135 Å². The molecule has 9 aliphatic carbocycles. The van der Waals surface area contributed by atoms with Crippen molar-refractivity contribution in [3.63, 3.8) is 0 Å². The van der Waals surface area contributed by atoms with Gasteiger partial charge in [-0.1, -0.05) is 166 Å². The quantitative estimate of drug-likeness (QED) is 0.128. The van der Waals surface area contributed by atoms with Gasteiger partial charge in [-0.15, -0.1) is 0 Å². The average molecular weight is 1110 g/mol. The Bertz CT molecular complexity index is 3800. The van der Waals surface area contributed by atoms with Crippen molar-refractivity contribution in [3.8, 4) is 67.2 Å². The maximum Gasteiger partial charge on any atom is 0.213 e. The molecule has 0 amide bonds. The lowest BCUT2D eigenvalue weighted by molar-refractivity contribution is -0.660. The maximum atomic E-state index is 9.22. The Morgan fingerprint density at radius 3 is 1.05 bits per heavy atom. The van der Waals surface area contributed by atoms with Crippen LogP contribution >= 0.6 is 0 Å². The molecule has 84 heavy (non-hydrogen) atoms. The SMILES string of the molecule is Cc1ccccc1-c1cc(-c2ccc(C3CC4CCC3CC4)cc2)cc[n+]1C.Cc1ccccc1-c1cc(-c2cccc(C3CC4CCC3CC4)c2)cc[n+]1C.[2H]C1(c2ccc(-c3cc[n+](C)c(-c4ccccc4C)c3)cc2)CC2CCC1CC2. The third-order valence-electron chi connectivity index (χ3n) is 21.6. The Morgan fingerprint density at radius 2 is 0.667 bits per heavy atom. The second-order valence-corrected chi connectivity index (χ2v) is 26.7. The molecule has 0 N–H and O–H groups in total. The van der Waals surface area contributed by atoms with Gasteiger partial charge in [0.2, 0.25) is 17.1 Å². The van der Waals surface area contributed by atoms with Gasteiger partial charge in [0.1, 0.15) is 21.1 Å². The van der Waals surface area contributed by atoms with Crippen LogP contribution in [0.4, 0.5) is 0 Å². The number of nitrogens with zero attached hydrogens (tertiary/aromatic N) is 3. The van der Waals surface area contributed by atoms with Gasteiger partial charge in [0.25, 0.3) is 0 Å². The Morgan fingerprint density at radius 1 is 0.310 bits per heavy atom. The van der Waals surface area contributed by atoms with Crippen LogP contribution in [0.5, 0.6) is 0 Å². The summed E-state index contributed by atoms with van der Waals surface area (Å²) in [5.41, 5.74) is 23.7. The minimum Gasteiger partial charge on any atom is -0.201 e. The summed E-state index contributed by atoms with van der Waals surface area (Å²) in [6.07, 6.45) is 27.2. The summed E-state index contributed by atoms with van der Waals surface area (Å²) in [5.74, 6) is 6.33. The molecule has 18 rings (SSSR count). The number of fused-ring (bicyclic) bond motifs is 9. The second-order valence-electron chi connectivity index (χ2n) is 26.7. The van der Waals surface area contributed by atoms with Crippen molar-refractivity contribution in [1.82, 2.24) is 0 Å². The number of benzene rings is 6. The van der Waals surface area contributed by atoms with E-state index < -0.39 is 0 Å². The van der Waals surface area contributed by atoms with E-state index in [0.29, 0.717) is 5.92 Å². The van der Waals surface area contributed by atoms with Gasteiger partial charge in [-0.05, 0) is 217 Å². The average Bonchev–Trinajstić information content (AvgIpc) is 3.53. The minimum absolute atomic E-state index is 0.366. The molecule has 6 bridgehead atoms. The zero-order valence-electron chi connectivity index (χ0n) is 52.1. The van der Waals surface area contributed by atoms with E-state index >= 15 is 0 Å². The smallest absolute Gasteiger partial charge is 0.201 e. The van der Waals surface area contributed by atoms with Gasteiger partial charge in [-0.25, -0.2) is 13.7 Å². The van der Waals surface area contributed by atoms with Crippen molar-refractivity contribution in [1.29, 1.82) is 0 Å². The fourth-order valence-corrected chi connectivity index (χ4v) is 16.5. The first kappa shape index (κ1) is 54.7. The van der Waals surface area contributed by atoms with Crippen LogP contribution in [0.2, 0.25) is 0 Å². The van der Waals surface area contributed by atoms with Crippen molar-refractivity contribution in [2.75, 3.05) is 0 Å². The molecule has 3 atom stereocenters. The van der Waals surface area contributed by atoms with E-state index in [2.05, 4.69) is 256 Å². The molecule has 3 unspecified atom stereocenters. The number of hydrogen-bond acceptors (Lipinski definition) is 0. The van der Waals surface area contributed by atoms with E-state index in [1.54, 1.807) is 11.1 Å². The van der Waals surface area contributed by atoms with Gasteiger partial charge in [0.05, 0.1) is 0 Å². The summed E-state index contributed by atoms with van der Waals surface area (Å²) >= 11 is 0. The second kappa shape index (κ2) is 24.8. The summed E-state index contributed by atoms with van der Waals surface area (Å²) < 4.78 is 15.9. The Balaban J connectivity index is 0.000000119. The van der Waals surface area contributed by atoms with Crippen molar-refractivity contribution >= 4 is 0 Å². The van der Waals surface area contributed by atoms with Crippen LogP contribution in [0, 0.1) is 56.3 Å². The Kier molecular flexibility index (Phi) is 16.1. The molecular weight excluding hydrogens is 1010 g/mol. The summed E-state index contributed by atoms with van der Waals surface area (Å²) in [5, 5.41) is 0. The summed E-state index contributed by atoms with van der Waals surface area (Å²) in [7, 11) is 6.38. The first-order chi connectivity index (χ1) is 41.4. The van der Waals surface area contributed by atoms with Crippen LogP contribution in [0.1, 0.15) is 149 Å². The summed E-state index contributed by atoms with van der Waals surface area (Å²) in [6.45, 7) is 6.55. The van der Waals surface area contributed by atoms with Crippen molar-refractivity contribution < 1.29 is 15.1 Å². The normalized spacial score (nSPS) is 24.8. The highest BCUT2D eigenvalue weighted by Crippen LogP contribution is 2.52. The monoisotopic (exact) mass is 1110 g/mol. The van der Waals surface area contributed by atoms with Crippen molar-refractivity contribution in [3.05, 3.63) is 234 Å². The summed E-state index contributed by atoms with van der Waals surface area (Å²) in [6, 6.07) is 67.3. The predicted octanol–water partition coefficient (Wildman–Crippen LogP) is 19.3. The van der Waals surface area contributed by atoms with E-state index in [1.807, 2.05) is 0 Å². The van der Waals surface area contributed by atoms with E-state index in [0.717, 1.165) is 47.8 Å². The fraction of sp³-hybridized carbons (Fsp3) is 0.370. The highest BCUT2D eigenvalue weighted by Gasteiger charge is 2.38. The molecule has 9 saturated carbocycles. The molecular formula is C81H90N3+3. The standard InChI is InChI=1S/3C27H30N/c1-19-6-3-4-9-25(19)27-18-23(14-15-28(27)2)22-7-5-8-24(17-22)26-16-20-10-12-21(26)13-11-20;2*1-19-5-3-4-6-25(19)27-18-24(15-16-28(27)2)21-11-13-23(14-12-21)26-17-20-7-9-22(26)10-8-20/h3-9,14-15,17-18,20-21,26H,10-13,16H2,1-2H3;2*3-6,11-16,18,20,22,26H,7-10,17H2,1-2H3/q3*+1/i;26D;. The van der Waals surface area contributed by atoms with Crippen molar-refractivity contribution in [2.24, 2.45) is 56.7 Å². The zero-order chi connectivity index (χ0) is 58.2. The number of pyridine rings is 3. The topological polar surface area (TPSA) is 11.6 Å². The van der Waals surface area contributed by atoms with Gasteiger partial charge in [-0.3, -0.25) is 0 Å². The van der Waals surface area contributed by atoms with E-state index in [4.69, 9.17) is 0 Å². The molecule has 426 valence electrons. The number of aromatic nitrogens is 3. The molecule has 3 heteroatoms. The third kappa shape index (κ3) is 11.9. The largest absolute Gasteiger partial charge is 0.213 e. The van der Waals surface area contributed by atoms with E-state index in [1.165, 1.54) is 179 Å². The predicted molar refractivity (Wildman–Crippen MR) is 348 cm³/mol. The lowest BCUT2D eigenvalue weighted by Gasteiger charge is -2.42. The number of aryl methyl sites for hydroxylation is 6. The molecule has 6 aromatic carbocycles. The first-order valence-electron chi connectivity index (χ1n) is 32.9. The number of hydrogen-bond donors (Lipinski definition) is 0. The molecule has 0 saturated heterocycles. The molecule has 3 nitrogen and oxygen atoms in total. The zero-order valence-corrected chi connectivity index (χ0v) is 51.1.